The molecule has 3 aliphatic rings. The first-order valence-electron chi connectivity index (χ1n) is 10.1. The molecule has 1 aromatic rings. The number of benzene rings is 1. The molecule has 4 rings (SSSR count). The summed E-state index contributed by atoms with van der Waals surface area (Å²) >= 11 is 0. The highest BCUT2D eigenvalue weighted by Gasteiger charge is 2.70. The molecule has 1 aromatic carbocycles. The molecule has 2 fully saturated rings. The number of rotatable bonds is 7. The van der Waals surface area contributed by atoms with Gasteiger partial charge in [-0.3, -0.25) is 29.4 Å². The van der Waals surface area contributed by atoms with Crippen LogP contribution < -0.4 is 16.4 Å². The number of anilines is 1. The highest BCUT2D eigenvalue weighted by molar-refractivity contribution is 6.15. The lowest BCUT2D eigenvalue weighted by Gasteiger charge is -2.29. The van der Waals surface area contributed by atoms with Crippen molar-refractivity contribution >= 4 is 29.3 Å². The van der Waals surface area contributed by atoms with Gasteiger partial charge in [-0.15, -0.1) is 0 Å². The first-order chi connectivity index (χ1) is 14.3. The molecule has 0 radical (unpaired) electrons. The summed E-state index contributed by atoms with van der Waals surface area (Å²) < 4.78 is 5.05. The SMILES string of the molecule is COCCCN1C(=O)[C@@H]2[C@H](CCC(N)=O)N[C@@]3(C(=O)Nc4ccc(C)cc43)[C@H]2C1=O. The smallest absolute Gasteiger partial charge is 0.250 e. The van der Waals surface area contributed by atoms with E-state index in [4.69, 9.17) is 10.5 Å². The van der Waals surface area contributed by atoms with Crippen molar-refractivity contribution in [3.05, 3.63) is 29.3 Å². The fraction of sp³-hybridized carbons (Fsp3) is 0.524. The van der Waals surface area contributed by atoms with E-state index in [1.54, 1.807) is 7.11 Å². The number of hydrogen-bond donors (Lipinski definition) is 3. The van der Waals surface area contributed by atoms with Gasteiger partial charge in [0.25, 0.3) is 0 Å². The predicted octanol–water partition coefficient (Wildman–Crippen LogP) is 0.0174. The molecule has 3 aliphatic heterocycles. The van der Waals surface area contributed by atoms with Gasteiger partial charge >= 0.3 is 0 Å². The van der Waals surface area contributed by atoms with Gasteiger partial charge in [0, 0.05) is 44.0 Å². The second kappa shape index (κ2) is 7.48. The number of fused-ring (bicyclic) bond motifs is 4. The van der Waals surface area contributed by atoms with Crippen LogP contribution in [0.2, 0.25) is 0 Å². The predicted molar refractivity (Wildman–Crippen MR) is 107 cm³/mol. The van der Waals surface area contributed by atoms with E-state index in [2.05, 4.69) is 10.6 Å². The van der Waals surface area contributed by atoms with Gasteiger partial charge in [-0.1, -0.05) is 17.7 Å². The summed E-state index contributed by atoms with van der Waals surface area (Å²) in [4.78, 5) is 52.6. The quantitative estimate of drug-likeness (QED) is 0.426. The second-order valence-electron chi connectivity index (χ2n) is 8.24. The minimum absolute atomic E-state index is 0.0599. The number of imide groups is 1. The van der Waals surface area contributed by atoms with Crippen LogP contribution in [-0.4, -0.2) is 54.8 Å². The molecular weight excluding hydrogens is 388 g/mol. The van der Waals surface area contributed by atoms with E-state index in [9.17, 15) is 19.2 Å². The van der Waals surface area contributed by atoms with Gasteiger partial charge in [-0.05, 0) is 25.8 Å². The summed E-state index contributed by atoms with van der Waals surface area (Å²) in [5.74, 6) is -3.10. The monoisotopic (exact) mass is 414 g/mol. The number of likely N-dealkylation sites (tertiary alicyclic amines) is 1. The normalized spacial score (nSPS) is 29.5. The standard InChI is InChI=1S/C21H26N4O5/c1-11-4-5-13-12(10-11)21(20(29)23-13)17-16(14(24-21)6-7-15(22)26)18(27)25(19(17)28)8-3-9-30-2/h4-5,10,14,16-17,24H,3,6-9H2,1-2H3,(H2,22,26)(H,23,29)/t14-,16+,17+,21+/m0/s1. The van der Waals surface area contributed by atoms with Crippen molar-refractivity contribution in [1.82, 2.24) is 10.2 Å². The van der Waals surface area contributed by atoms with Crippen molar-refractivity contribution in [2.45, 2.75) is 37.8 Å². The van der Waals surface area contributed by atoms with E-state index in [1.807, 2.05) is 25.1 Å². The maximum atomic E-state index is 13.4. The molecule has 4 N–H and O–H groups in total. The van der Waals surface area contributed by atoms with E-state index in [1.165, 1.54) is 4.90 Å². The number of hydrogen-bond acceptors (Lipinski definition) is 6. The lowest BCUT2D eigenvalue weighted by atomic mass is 9.76. The van der Waals surface area contributed by atoms with Crippen LogP contribution in [0.4, 0.5) is 5.69 Å². The zero-order valence-electron chi connectivity index (χ0n) is 17.1. The molecule has 9 nitrogen and oxygen atoms in total. The summed E-state index contributed by atoms with van der Waals surface area (Å²) in [5, 5.41) is 6.16. The largest absolute Gasteiger partial charge is 0.385 e. The second-order valence-corrected chi connectivity index (χ2v) is 8.24. The van der Waals surface area contributed by atoms with Crippen LogP contribution in [0, 0.1) is 18.8 Å². The minimum Gasteiger partial charge on any atom is -0.385 e. The number of nitrogens with zero attached hydrogens (tertiary/aromatic N) is 1. The van der Waals surface area contributed by atoms with Gasteiger partial charge in [0.05, 0.1) is 11.8 Å². The number of carbonyl (C=O) groups is 4. The topological polar surface area (TPSA) is 131 Å². The van der Waals surface area contributed by atoms with E-state index in [-0.39, 0.29) is 37.1 Å². The number of nitrogens with two attached hydrogens (primary N) is 1. The molecule has 9 heteroatoms. The van der Waals surface area contributed by atoms with Gasteiger partial charge in [-0.2, -0.15) is 0 Å². The van der Waals surface area contributed by atoms with Gasteiger partial charge in [0.15, 0.2) is 0 Å². The molecule has 4 amide bonds. The Hall–Kier alpha value is -2.78. The molecule has 0 aliphatic carbocycles. The van der Waals surface area contributed by atoms with Crippen molar-refractivity contribution in [2.24, 2.45) is 17.6 Å². The van der Waals surface area contributed by atoms with Crippen molar-refractivity contribution in [3.8, 4) is 0 Å². The first kappa shape index (κ1) is 20.5. The molecule has 0 unspecified atom stereocenters. The van der Waals surface area contributed by atoms with Gasteiger partial charge in [0.2, 0.25) is 23.6 Å². The third kappa shape index (κ3) is 2.92. The lowest BCUT2D eigenvalue weighted by Crippen LogP contribution is -2.53. The number of primary amides is 1. The van der Waals surface area contributed by atoms with Crippen LogP contribution in [0.3, 0.4) is 0 Å². The summed E-state index contributed by atoms with van der Waals surface area (Å²) in [6.07, 6.45) is 0.851. The summed E-state index contributed by atoms with van der Waals surface area (Å²) in [6.45, 7) is 2.56. The molecule has 0 saturated carbocycles. The van der Waals surface area contributed by atoms with Gasteiger partial charge < -0.3 is 15.8 Å². The maximum absolute atomic E-state index is 13.4. The van der Waals surface area contributed by atoms with Crippen LogP contribution in [-0.2, 0) is 29.5 Å². The molecule has 0 bridgehead atoms. The Morgan fingerprint density at radius 3 is 2.73 bits per heavy atom. The van der Waals surface area contributed by atoms with E-state index < -0.39 is 29.3 Å². The Morgan fingerprint density at radius 2 is 2.03 bits per heavy atom. The molecule has 0 aromatic heterocycles. The zero-order valence-corrected chi connectivity index (χ0v) is 17.1. The lowest BCUT2D eigenvalue weighted by molar-refractivity contribution is -0.143. The first-order valence-corrected chi connectivity index (χ1v) is 10.1. The number of methoxy groups -OCH3 is 1. The Morgan fingerprint density at radius 1 is 1.27 bits per heavy atom. The average molecular weight is 414 g/mol. The highest BCUT2D eigenvalue weighted by atomic mass is 16.5. The summed E-state index contributed by atoms with van der Waals surface area (Å²) in [5.41, 5.74) is 6.23. The minimum atomic E-state index is -1.34. The van der Waals surface area contributed by atoms with Crippen molar-refractivity contribution < 1.29 is 23.9 Å². The Bertz CT molecular complexity index is 932. The fourth-order valence-corrected chi connectivity index (χ4v) is 5.11. The van der Waals surface area contributed by atoms with Crippen LogP contribution >= 0.6 is 0 Å². The number of aryl methyl sites for hydroxylation is 1. The summed E-state index contributed by atoms with van der Waals surface area (Å²) in [6, 6.07) is 5.05. The van der Waals surface area contributed by atoms with E-state index in [0.717, 1.165) is 5.56 Å². The van der Waals surface area contributed by atoms with Crippen LogP contribution in [0.1, 0.15) is 30.4 Å². The van der Waals surface area contributed by atoms with Crippen molar-refractivity contribution in [3.63, 3.8) is 0 Å². The Labute approximate surface area is 174 Å². The summed E-state index contributed by atoms with van der Waals surface area (Å²) in [7, 11) is 1.56. The Kier molecular flexibility index (Phi) is 5.11. The number of ether oxygens (including phenoxy) is 1. The fourth-order valence-electron chi connectivity index (χ4n) is 5.11. The van der Waals surface area contributed by atoms with Crippen molar-refractivity contribution in [1.29, 1.82) is 0 Å². The zero-order chi connectivity index (χ0) is 21.6. The molecule has 3 heterocycles. The molecule has 2 saturated heterocycles. The van der Waals surface area contributed by atoms with Crippen LogP contribution in [0.25, 0.3) is 0 Å². The van der Waals surface area contributed by atoms with Crippen LogP contribution in [0.5, 0.6) is 0 Å². The maximum Gasteiger partial charge on any atom is 0.250 e. The van der Waals surface area contributed by atoms with Crippen LogP contribution in [0.15, 0.2) is 18.2 Å². The highest BCUT2D eigenvalue weighted by Crippen LogP contribution is 2.53. The Balaban J connectivity index is 1.77. The molecule has 4 atom stereocenters. The van der Waals surface area contributed by atoms with Crippen molar-refractivity contribution in [2.75, 3.05) is 25.6 Å². The third-order valence-electron chi connectivity index (χ3n) is 6.39. The number of carbonyl (C=O) groups excluding carboxylic acids is 4. The number of nitrogens with one attached hydrogen (secondary N) is 2. The molecule has 160 valence electrons. The average Bonchev–Trinajstić information content (AvgIpc) is 3.27. The molecule has 1 spiro atoms. The number of amides is 4. The third-order valence-corrected chi connectivity index (χ3v) is 6.39. The molecule has 30 heavy (non-hydrogen) atoms. The molecular formula is C21H26N4O5. The van der Waals surface area contributed by atoms with Gasteiger partial charge in [-0.25, -0.2) is 0 Å². The van der Waals surface area contributed by atoms with E-state index >= 15 is 0 Å². The van der Waals surface area contributed by atoms with E-state index in [0.29, 0.717) is 24.3 Å². The van der Waals surface area contributed by atoms with Gasteiger partial charge in [0.1, 0.15) is 5.54 Å².